The number of Topliss-reactive ketones (excluding diaryl/α,β-unsaturated/α-hetero) is 1. The zero-order valence-corrected chi connectivity index (χ0v) is 10.3. The van der Waals surface area contributed by atoms with Crippen LogP contribution in [0, 0.1) is 0 Å². The van der Waals surface area contributed by atoms with E-state index in [9.17, 15) is 14.3 Å². The Kier molecular flexibility index (Phi) is 4.44. The number of carbonyl (C=O) groups excluding carboxylic acids is 1. The highest BCUT2D eigenvalue weighted by molar-refractivity contribution is 5.99. The molecule has 2 rings (SSSR count). The van der Waals surface area contributed by atoms with Crippen molar-refractivity contribution in [3.8, 4) is 0 Å². The highest BCUT2D eigenvalue weighted by atomic mass is 19.1. The first-order chi connectivity index (χ1) is 8.68. The third kappa shape index (κ3) is 3.15. The van der Waals surface area contributed by atoms with Crippen LogP contribution in [0.15, 0.2) is 30.3 Å². The van der Waals surface area contributed by atoms with E-state index in [2.05, 4.69) is 0 Å². The molecule has 18 heavy (non-hydrogen) atoms. The van der Waals surface area contributed by atoms with Crippen molar-refractivity contribution < 1.29 is 14.3 Å². The van der Waals surface area contributed by atoms with Gasteiger partial charge in [0.05, 0.1) is 0 Å². The van der Waals surface area contributed by atoms with Crippen LogP contribution in [-0.2, 0) is 0 Å². The number of hydrogen-bond acceptors (Lipinski definition) is 3. The summed E-state index contributed by atoms with van der Waals surface area (Å²) in [4.78, 5) is 13.5. The van der Waals surface area contributed by atoms with Crippen molar-refractivity contribution >= 4 is 5.78 Å². The minimum Gasteiger partial charge on any atom is -0.385 e. The molecule has 1 saturated heterocycles. The largest absolute Gasteiger partial charge is 0.385 e. The van der Waals surface area contributed by atoms with Crippen LogP contribution in [0.1, 0.15) is 29.6 Å². The standard InChI is InChI=1S/C14H18FNO2/c15-13(16-8-4-5-9-16)10-12(17)14(18)11-6-2-1-3-7-11/h1-3,6-7,12-13,17H,4-5,8-10H2. The van der Waals surface area contributed by atoms with Crippen LogP contribution in [0.25, 0.3) is 0 Å². The number of rotatable bonds is 5. The predicted molar refractivity (Wildman–Crippen MR) is 67.1 cm³/mol. The number of alkyl halides is 1. The van der Waals surface area contributed by atoms with E-state index in [1.807, 2.05) is 0 Å². The van der Waals surface area contributed by atoms with Crippen molar-refractivity contribution in [3.05, 3.63) is 35.9 Å². The molecule has 1 aliphatic heterocycles. The fraction of sp³-hybridized carbons (Fsp3) is 0.500. The Labute approximate surface area is 106 Å². The van der Waals surface area contributed by atoms with Gasteiger partial charge in [0.25, 0.3) is 0 Å². The van der Waals surface area contributed by atoms with Gasteiger partial charge in [0, 0.05) is 25.1 Å². The molecule has 0 amide bonds. The maximum Gasteiger partial charge on any atom is 0.191 e. The van der Waals surface area contributed by atoms with Crippen LogP contribution in [-0.4, -0.2) is 41.3 Å². The van der Waals surface area contributed by atoms with Gasteiger partial charge in [0.1, 0.15) is 6.10 Å². The lowest BCUT2D eigenvalue weighted by atomic mass is 10.0. The minimum atomic E-state index is -1.26. The molecule has 1 aliphatic rings. The molecular weight excluding hydrogens is 233 g/mol. The number of hydrogen-bond donors (Lipinski definition) is 1. The lowest BCUT2D eigenvalue weighted by molar-refractivity contribution is 0.0379. The average Bonchev–Trinajstić information content (AvgIpc) is 2.92. The Balaban J connectivity index is 1.91. The summed E-state index contributed by atoms with van der Waals surface area (Å²) in [6, 6.07) is 8.52. The Morgan fingerprint density at radius 1 is 1.28 bits per heavy atom. The summed E-state index contributed by atoms with van der Waals surface area (Å²) in [6.07, 6.45) is -0.654. The van der Waals surface area contributed by atoms with Crippen molar-refractivity contribution in [2.45, 2.75) is 31.7 Å². The van der Waals surface area contributed by atoms with E-state index in [4.69, 9.17) is 0 Å². The first-order valence-corrected chi connectivity index (χ1v) is 6.34. The molecule has 1 fully saturated rings. The van der Waals surface area contributed by atoms with Gasteiger partial charge in [-0.15, -0.1) is 0 Å². The molecule has 1 N–H and O–H groups in total. The molecule has 1 aromatic rings. The molecule has 1 aromatic carbocycles. The Morgan fingerprint density at radius 3 is 2.50 bits per heavy atom. The van der Waals surface area contributed by atoms with Crippen LogP contribution in [0.3, 0.4) is 0 Å². The fourth-order valence-electron chi connectivity index (χ4n) is 2.26. The molecule has 98 valence electrons. The molecule has 4 heteroatoms. The number of aliphatic hydroxyl groups is 1. The summed E-state index contributed by atoms with van der Waals surface area (Å²) in [5.74, 6) is -0.405. The van der Waals surface area contributed by atoms with E-state index in [1.165, 1.54) is 0 Å². The number of halogens is 1. The predicted octanol–water partition coefficient (Wildman–Crippen LogP) is 2.01. The maximum atomic E-state index is 13.8. The zero-order valence-electron chi connectivity index (χ0n) is 10.3. The zero-order chi connectivity index (χ0) is 13.0. The number of carbonyl (C=O) groups is 1. The van der Waals surface area contributed by atoms with Gasteiger partial charge in [-0.3, -0.25) is 9.69 Å². The summed E-state index contributed by atoms with van der Waals surface area (Å²) in [5.41, 5.74) is 0.429. The fourth-order valence-corrected chi connectivity index (χ4v) is 2.26. The number of aliphatic hydroxyl groups excluding tert-OH is 1. The summed E-state index contributed by atoms with van der Waals surface area (Å²) in [7, 11) is 0. The molecule has 0 bridgehead atoms. The second-order valence-corrected chi connectivity index (χ2v) is 4.66. The molecule has 0 radical (unpaired) electrons. The first-order valence-electron chi connectivity index (χ1n) is 6.34. The molecule has 1 heterocycles. The topological polar surface area (TPSA) is 40.5 Å². The number of likely N-dealkylation sites (tertiary alicyclic amines) is 1. The minimum absolute atomic E-state index is 0.145. The Hall–Kier alpha value is -1.26. The van der Waals surface area contributed by atoms with E-state index in [0.717, 1.165) is 12.8 Å². The normalized spacial score (nSPS) is 19.7. The lowest BCUT2D eigenvalue weighted by Gasteiger charge is -2.21. The average molecular weight is 251 g/mol. The lowest BCUT2D eigenvalue weighted by Crippen LogP contribution is -2.34. The summed E-state index contributed by atoms with van der Waals surface area (Å²) >= 11 is 0. The number of benzene rings is 1. The van der Waals surface area contributed by atoms with Crippen LogP contribution < -0.4 is 0 Å². The molecule has 2 atom stereocenters. The van der Waals surface area contributed by atoms with Gasteiger partial charge in [-0.1, -0.05) is 30.3 Å². The second-order valence-electron chi connectivity index (χ2n) is 4.66. The molecule has 0 aliphatic carbocycles. The van der Waals surface area contributed by atoms with Crippen LogP contribution in [0.2, 0.25) is 0 Å². The van der Waals surface area contributed by atoms with Crippen LogP contribution >= 0.6 is 0 Å². The van der Waals surface area contributed by atoms with E-state index in [1.54, 1.807) is 35.2 Å². The van der Waals surface area contributed by atoms with Crippen molar-refractivity contribution in [2.75, 3.05) is 13.1 Å². The van der Waals surface area contributed by atoms with Crippen LogP contribution in [0.4, 0.5) is 4.39 Å². The quantitative estimate of drug-likeness (QED) is 0.643. The summed E-state index contributed by atoms with van der Waals surface area (Å²) in [5, 5.41) is 9.79. The van der Waals surface area contributed by atoms with Crippen LogP contribution in [0.5, 0.6) is 0 Å². The van der Waals surface area contributed by atoms with Crippen molar-refractivity contribution in [3.63, 3.8) is 0 Å². The Bertz CT molecular complexity index is 390. The van der Waals surface area contributed by atoms with Gasteiger partial charge in [-0.25, -0.2) is 4.39 Å². The number of nitrogens with zero attached hydrogens (tertiary/aromatic N) is 1. The van der Waals surface area contributed by atoms with Gasteiger partial charge in [-0.2, -0.15) is 0 Å². The van der Waals surface area contributed by atoms with Gasteiger partial charge in [-0.05, 0) is 12.8 Å². The molecule has 0 aromatic heterocycles. The van der Waals surface area contributed by atoms with E-state index < -0.39 is 18.2 Å². The molecule has 2 unspecified atom stereocenters. The smallest absolute Gasteiger partial charge is 0.191 e. The second kappa shape index (κ2) is 6.07. The van der Waals surface area contributed by atoms with E-state index in [0.29, 0.717) is 18.7 Å². The van der Waals surface area contributed by atoms with Crippen molar-refractivity contribution in [2.24, 2.45) is 0 Å². The Morgan fingerprint density at radius 2 is 1.89 bits per heavy atom. The van der Waals surface area contributed by atoms with Crippen molar-refractivity contribution in [1.82, 2.24) is 4.90 Å². The molecule has 3 nitrogen and oxygen atoms in total. The van der Waals surface area contributed by atoms with E-state index >= 15 is 0 Å². The molecule has 0 saturated carbocycles. The van der Waals surface area contributed by atoms with Gasteiger partial charge >= 0.3 is 0 Å². The van der Waals surface area contributed by atoms with Gasteiger partial charge < -0.3 is 5.11 Å². The molecular formula is C14H18FNO2. The number of ketones is 1. The highest BCUT2D eigenvalue weighted by Crippen LogP contribution is 2.18. The SMILES string of the molecule is O=C(c1ccccc1)C(O)CC(F)N1CCCC1. The van der Waals surface area contributed by atoms with Gasteiger partial charge in [0.15, 0.2) is 12.1 Å². The third-order valence-electron chi connectivity index (χ3n) is 3.32. The monoisotopic (exact) mass is 251 g/mol. The molecule has 0 spiro atoms. The van der Waals surface area contributed by atoms with Crippen molar-refractivity contribution in [1.29, 1.82) is 0 Å². The summed E-state index contributed by atoms with van der Waals surface area (Å²) < 4.78 is 13.8. The van der Waals surface area contributed by atoms with Gasteiger partial charge in [0.2, 0.25) is 0 Å². The third-order valence-corrected chi connectivity index (χ3v) is 3.32. The highest BCUT2D eigenvalue weighted by Gasteiger charge is 2.27. The maximum absolute atomic E-state index is 13.8. The first kappa shape index (κ1) is 13.2. The summed E-state index contributed by atoms with van der Waals surface area (Å²) in [6.45, 7) is 1.43. The van der Waals surface area contributed by atoms with E-state index in [-0.39, 0.29) is 6.42 Å².